The fraction of sp³-hybridized carbons (Fsp3) is 0.857. The van der Waals surface area contributed by atoms with Gasteiger partial charge in [0.15, 0.2) is 5.12 Å². The minimum absolute atomic E-state index is 0.0857. The second kappa shape index (κ2) is 17.6. The molecule has 0 aliphatic carbocycles. The Hall–Kier alpha value is -0.840. The number of hydrogen-bond donors (Lipinski definition) is 1. The third-order valence-corrected chi connectivity index (χ3v) is 5.86. The Morgan fingerprint density at radius 3 is 1.85 bits per heavy atom. The molecule has 0 radical (unpaired) electrons. The Bertz CT molecular complexity index is 384. The van der Waals surface area contributed by atoms with Crippen molar-refractivity contribution in [1.29, 1.82) is 0 Å². The van der Waals surface area contributed by atoms with Gasteiger partial charge in [0.2, 0.25) is 0 Å². The second-order valence-corrected chi connectivity index (χ2v) is 8.24. The Morgan fingerprint density at radius 1 is 0.846 bits per heavy atom. The van der Waals surface area contributed by atoms with E-state index in [0.29, 0.717) is 12.0 Å². The SMILES string of the molecule is CCCCCCCCC(CCCCCC)C(=O)SCCC(C=O)C(=O)O. The number of aliphatic carboxylic acids is 1. The van der Waals surface area contributed by atoms with Gasteiger partial charge in [0.05, 0.1) is 0 Å². The highest BCUT2D eigenvalue weighted by molar-refractivity contribution is 8.13. The van der Waals surface area contributed by atoms with E-state index in [1.807, 2.05) is 0 Å². The molecule has 0 amide bonds. The van der Waals surface area contributed by atoms with E-state index in [2.05, 4.69) is 13.8 Å². The van der Waals surface area contributed by atoms with Crippen LogP contribution in [0.25, 0.3) is 0 Å². The maximum atomic E-state index is 12.5. The molecule has 0 bridgehead atoms. The van der Waals surface area contributed by atoms with Gasteiger partial charge >= 0.3 is 5.97 Å². The first-order valence-electron chi connectivity index (χ1n) is 10.4. The molecule has 4 nitrogen and oxygen atoms in total. The van der Waals surface area contributed by atoms with Gasteiger partial charge in [0, 0.05) is 11.7 Å². The van der Waals surface area contributed by atoms with Gasteiger partial charge < -0.3 is 9.90 Å². The molecule has 152 valence electrons. The molecule has 5 heteroatoms. The zero-order chi connectivity index (χ0) is 19.6. The molecule has 0 fully saturated rings. The van der Waals surface area contributed by atoms with Crippen LogP contribution in [0.3, 0.4) is 0 Å². The lowest BCUT2D eigenvalue weighted by Gasteiger charge is -2.15. The number of carbonyl (C=O) groups is 3. The van der Waals surface area contributed by atoms with Gasteiger partial charge in [-0.15, -0.1) is 0 Å². The molecule has 0 aromatic rings. The third-order valence-electron chi connectivity index (χ3n) is 4.80. The van der Waals surface area contributed by atoms with Crippen molar-refractivity contribution in [3.63, 3.8) is 0 Å². The number of carboxylic acid groups (broad SMARTS) is 1. The molecule has 0 aliphatic rings. The van der Waals surface area contributed by atoms with Crippen LogP contribution in [0.5, 0.6) is 0 Å². The lowest BCUT2D eigenvalue weighted by molar-refractivity contribution is -0.143. The average Bonchev–Trinajstić information content (AvgIpc) is 2.62. The van der Waals surface area contributed by atoms with E-state index in [9.17, 15) is 14.4 Å². The lowest BCUT2D eigenvalue weighted by atomic mass is 9.95. The van der Waals surface area contributed by atoms with Crippen molar-refractivity contribution in [2.24, 2.45) is 11.8 Å². The topological polar surface area (TPSA) is 71.4 Å². The maximum Gasteiger partial charge on any atom is 0.313 e. The van der Waals surface area contributed by atoms with Crippen molar-refractivity contribution in [2.75, 3.05) is 5.75 Å². The highest BCUT2D eigenvalue weighted by atomic mass is 32.2. The molecule has 0 aromatic heterocycles. The summed E-state index contributed by atoms with van der Waals surface area (Å²) in [5.41, 5.74) is 0. The summed E-state index contributed by atoms with van der Waals surface area (Å²) >= 11 is 1.22. The van der Waals surface area contributed by atoms with E-state index < -0.39 is 11.9 Å². The summed E-state index contributed by atoms with van der Waals surface area (Å²) in [7, 11) is 0. The van der Waals surface area contributed by atoms with Crippen LogP contribution >= 0.6 is 11.8 Å². The number of hydrogen-bond acceptors (Lipinski definition) is 4. The van der Waals surface area contributed by atoms with Crippen LogP contribution in [0.15, 0.2) is 0 Å². The summed E-state index contributed by atoms with van der Waals surface area (Å²) in [6, 6.07) is 0. The molecular weight excluding hydrogens is 348 g/mol. The molecule has 1 N–H and O–H groups in total. The van der Waals surface area contributed by atoms with Crippen LogP contribution in [0.2, 0.25) is 0 Å². The molecular formula is C21H38O4S. The zero-order valence-corrected chi connectivity index (χ0v) is 17.5. The summed E-state index contributed by atoms with van der Waals surface area (Å²) in [6.07, 6.45) is 14.6. The van der Waals surface area contributed by atoms with Gasteiger partial charge in [-0.1, -0.05) is 89.8 Å². The minimum Gasteiger partial charge on any atom is -0.481 e. The number of rotatable bonds is 18. The van der Waals surface area contributed by atoms with Crippen molar-refractivity contribution in [3.8, 4) is 0 Å². The first kappa shape index (κ1) is 25.2. The molecule has 2 unspecified atom stereocenters. The summed E-state index contributed by atoms with van der Waals surface area (Å²) < 4.78 is 0. The summed E-state index contributed by atoms with van der Waals surface area (Å²) in [5, 5.41) is 9.08. The van der Waals surface area contributed by atoms with Crippen molar-refractivity contribution < 1.29 is 19.5 Å². The van der Waals surface area contributed by atoms with Crippen LogP contribution in [0.4, 0.5) is 0 Å². The zero-order valence-electron chi connectivity index (χ0n) is 16.7. The first-order valence-corrected chi connectivity index (χ1v) is 11.4. The van der Waals surface area contributed by atoms with Crippen LogP contribution < -0.4 is 0 Å². The van der Waals surface area contributed by atoms with E-state index in [0.717, 1.165) is 25.7 Å². The van der Waals surface area contributed by atoms with Crippen molar-refractivity contribution >= 4 is 29.1 Å². The molecule has 0 spiro atoms. The standard InChI is InChI=1S/C21H38O4S/c1-3-5-7-9-10-12-14-18(13-11-8-6-4-2)21(25)26-16-15-19(17-22)20(23)24/h17-19H,3-16H2,1-2H3,(H,23,24). The van der Waals surface area contributed by atoms with Gasteiger partial charge in [-0.25, -0.2) is 0 Å². The minimum atomic E-state index is -1.10. The molecule has 0 heterocycles. The van der Waals surface area contributed by atoms with Gasteiger partial charge in [-0.2, -0.15) is 0 Å². The van der Waals surface area contributed by atoms with E-state index >= 15 is 0 Å². The fourth-order valence-corrected chi connectivity index (χ4v) is 4.07. The second-order valence-electron chi connectivity index (χ2n) is 7.14. The highest BCUT2D eigenvalue weighted by Crippen LogP contribution is 2.25. The number of unbranched alkanes of at least 4 members (excludes halogenated alkanes) is 8. The maximum absolute atomic E-state index is 12.5. The molecule has 0 aliphatic heterocycles. The molecule has 0 aromatic carbocycles. The van der Waals surface area contributed by atoms with Crippen LogP contribution in [-0.4, -0.2) is 28.2 Å². The molecule has 0 saturated heterocycles. The number of aldehydes is 1. The average molecular weight is 387 g/mol. The van der Waals surface area contributed by atoms with Crippen molar-refractivity contribution in [2.45, 2.75) is 97.3 Å². The van der Waals surface area contributed by atoms with Crippen LogP contribution in [0, 0.1) is 11.8 Å². The Balaban J connectivity index is 4.25. The number of carboxylic acids is 1. The van der Waals surface area contributed by atoms with Crippen LogP contribution in [-0.2, 0) is 14.4 Å². The first-order chi connectivity index (χ1) is 12.6. The Morgan fingerprint density at radius 2 is 1.35 bits per heavy atom. The highest BCUT2D eigenvalue weighted by Gasteiger charge is 2.21. The lowest BCUT2D eigenvalue weighted by Crippen LogP contribution is -2.17. The largest absolute Gasteiger partial charge is 0.481 e. The Labute approximate surface area is 163 Å². The summed E-state index contributed by atoms with van der Waals surface area (Å²) in [6.45, 7) is 4.39. The quantitative estimate of drug-likeness (QED) is 0.181. The molecule has 2 atom stereocenters. The third kappa shape index (κ3) is 13.4. The molecule has 0 rings (SSSR count). The Kier molecular flexibility index (Phi) is 17.0. The predicted molar refractivity (Wildman–Crippen MR) is 110 cm³/mol. The van der Waals surface area contributed by atoms with E-state index in [4.69, 9.17) is 5.11 Å². The number of thioether (sulfide) groups is 1. The van der Waals surface area contributed by atoms with E-state index in [1.165, 1.54) is 63.1 Å². The normalized spacial score (nSPS) is 13.3. The van der Waals surface area contributed by atoms with Gasteiger partial charge in [0.1, 0.15) is 12.2 Å². The summed E-state index contributed by atoms with van der Waals surface area (Å²) in [5.74, 6) is -1.59. The monoisotopic (exact) mass is 386 g/mol. The number of carbonyl (C=O) groups excluding carboxylic acids is 2. The molecule has 0 saturated carbocycles. The summed E-state index contributed by atoms with van der Waals surface area (Å²) in [4.78, 5) is 34.1. The van der Waals surface area contributed by atoms with Crippen molar-refractivity contribution in [3.05, 3.63) is 0 Å². The van der Waals surface area contributed by atoms with Crippen molar-refractivity contribution in [1.82, 2.24) is 0 Å². The smallest absolute Gasteiger partial charge is 0.313 e. The molecule has 26 heavy (non-hydrogen) atoms. The van der Waals surface area contributed by atoms with Gasteiger partial charge in [-0.05, 0) is 19.3 Å². The van der Waals surface area contributed by atoms with Gasteiger partial charge in [-0.3, -0.25) is 9.59 Å². The van der Waals surface area contributed by atoms with Crippen LogP contribution in [0.1, 0.15) is 97.3 Å². The predicted octanol–water partition coefficient (Wildman–Crippen LogP) is 5.87. The fourth-order valence-electron chi connectivity index (χ4n) is 3.02. The van der Waals surface area contributed by atoms with E-state index in [1.54, 1.807) is 0 Å². The van der Waals surface area contributed by atoms with Gasteiger partial charge in [0.25, 0.3) is 0 Å². The van der Waals surface area contributed by atoms with E-state index in [-0.39, 0.29) is 17.5 Å².